The number of esters is 1. The predicted molar refractivity (Wildman–Crippen MR) is 93.3 cm³/mol. The molecule has 0 aliphatic carbocycles. The summed E-state index contributed by atoms with van der Waals surface area (Å²) in [4.78, 5) is 27.0. The number of nitrogens with zero attached hydrogens (tertiary/aromatic N) is 1. The molecule has 0 aliphatic heterocycles. The largest absolute Gasteiger partial charge is 0.477 e. The van der Waals surface area contributed by atoms with Gasteiger partial charge in [-0.2, -0.15) is 0 Å². The van der Waals surface area contributed by atoms with Gasteiger partial charge in [0, 0.05) is 16.3 Å². The van der Waals surface area contributed by atoms with Gasteiger partial charge in [-0.25, -0.2) is 9.59 Å². The summed E-state index contributed by atoms with van der Waals surface area (Å²) in [7, 11) is 1.32. The molecule has 2 heterocycles. The second kappa shape index (κ2) is 6.64. The molecule has 0 aliphatic rings. The molecule has 3 rings (SSSR count). The Bertz CT molecular complexity index is 941. The zero-order valence-corrected chi connectivity index (χ0v) is 13.5. The molecule has 120 valence electrons. The second-order valence-corrected chi connectivity index (χ2v) is 6.06. The van der Waals surface area contributed by atoms with Crippen LogP contribution in [0.15, 0.2) is 42.6 Å². The van der Waals surface area contributed by atoms with Crippen molar-refractivity contribution in [2.24, 2.45) is 0 Å². The molecule has 0 atom stereocenters. The molecule has 0 spiro atoms. The third-order valence-corrected chi connectivity index (χ3v) is 4.54. The maximum Gasteiger partial charge on any atom is 0.345 e. The highest BCUT2D eigenvalue weighted by atomic mass is 32.1. The quantitative estimate of drug-likeness (QED) is 0.728. The molecule has 1 aromatic carbocycles. The van der Waals surface area contributed by atoms with Crippen LogP contribution < -0.4 is 0 Å². The minimum Gasteiger partial charge on any atom is -0.477 e. The molecule has 0 bridgehead atoms. The van der Waals surface area contributed by atoms with Crippen LogP contribution >= 0.6 is 11.3 Å². The third-order valence-electron chi connectivity index (χ3n) is 3.45. The highest BCUT2D eigenvalue weighted by Gasteiger charge is 2.10. The maximum atomic E-state index is 11.4. The normalized spacial score (nSPS) is 11.0. The zero-order valence-electron chi connectivity index (χ0n) is 12.7. The molecular weight excluding hydrogens is 326 g/mol. The van der Waals surface area contributed by atoms with Gasteiger partial charge < -0.3 is 9.84 Å². The number of fused-ring (bicyclic) bond motifs is 1. The lowest BCUT2D eigenvalue weighted by molar-refractivity contribution is 0.0599. The number of aromatic carboxylic acids is 1. The van der Waals surface area contributed by atoms with Crippen LogP contribution in [0.3, 0.4) is 0 Å². The van der Waals surface area contributed by atoms with E-state index in [1.54, 1.807) is 18.2 Å². The van der Waals surface area contributed by atoms with E-state index in [2.05, 4.69) is 9.72 Å². The topological polar surface area (TPSA) is 76.5 Å². The number of benzene rings is 1. The first-order valence-electron chi connectivity index (χ1n) is 7.07. The van der Waals surface area contributed by atoms with Crippen LogP contribution in [0.5, 0.6) is 0 Å². The first-order valence-corrected chi connectivity index (χ1v) is 7.88. The van der Waals surface area contributed by atoms with Gasteiger partial charge in [-0.1, -0.05) is 18.2 Å². The number of hydrogen-bond donors (Lipinski definition) is 1. The van der Waals surface area contributed by atoms with Crippen molar-refractivity contribution >= 4 is 45.5 Å². The fourth-order valence-electron chi connectivity index (χ4n) is 2.25. The monoisotopic (exact) mass is 339 g/mol. The van der Waals surface area contributed by atoms with Gasteiger partial charge in [0.15, 0.2) is 0 Å². The Morgan fingerprint density at radius 2 is 2.04 bits per heavy atom. The van der Waals surface area contributed by atoms with E-state index in [0.29, 0.717) is 16.1 Å². The molecule has 0 unspecified atom stereocenters. The first kappa shape index (κ1) is 15.9. The summed E-state index contributed by atoms with van der Waals surface area (Å²) in [6.07, 6.45) is 5.15. The van der Waals surface area contributed by atoms with Crippen molar-refractivity contribution in [3.05, 3.63) is 64.3 Å². The van der Waals surface area contributed by atoms with Gasteiger partial charge in [0.05, 0.1) is 18.4 Å². The molecule has 0 radical (unpaired) electrons. The number of carboxylic acids is 1. The summed E-state index contributed by atoms with van der Waals surface area (Å²) in [5, 5.41) is 10.0. The fraction of sp³-hybridized carbons (Fsp3) is 0.0556. The Hall–Kier alpha value is -2.99. The summed E-state index contributed by atoms with van der Waals surface area (Å²) in [6.45, 7) is 0. The zero-order chi connectivity index (χ0) is 17.1. The van der Waals surface area contributed by atoms with Gasteiger partial charge >= 0.3 is 11.9 Å². The summed E-state index contributed by atoms with van der Waals surface area (Å²) >= 11 is 1.25. The van der Waals surface area contributed by atoms with E-state index in [9.17, 15) is 9.59 Å². The van der Waals surface area contributed by atoms with Gasteiger partial charge in [-0.3, -0.25) is 4.98 Å². The molecule has 24 heavy (non-hydrogen) atoms. The molecule has 5 nitrogen and oxygen atoms in total. The number of carbonyl (C=O) groups is 2. The molecule has 3 aromatic rings. The van der Waals surface area contributed by atoms with Gasteiger partial charge in [0.2, 0.25) is 0 Å². The fourth-order valence-corrected chi connectivity index (χ4v) is 3.19. The number of methoxy groups -OCH3 is 1. The Labute approximate surface area is 141 Å². The third kappa shape index (κ3) is 3.18. The highest BCUT2D eigenvalue weighted by Crippen LogP contribution is 2.29. The number of carboxylic acid groups (broad SMARTS) is 1. The molecule has 2 aromatic heterocycles. The van der Waals surface area contributed by atoms with Gasteiger partial charge in [0.1, 0.15) is 4.88 Å². The standard InChI is InChI=1S/C18H13NO4S/c1-23-18(22)12-6-8-13(19-10-12)7-5-11-3-2-4-15-14(11)9-16(24-15)17(20)21/h2-10H,1H3,(H,20,21)/b7-5+. The maximum absolute atomic E-state index is 11.4. The number of thiophene rings is 1. The highest BCUT2D eigenvalue weighted by molar-refractivity contribution is 7.20. The Balaban J connectivity index is 1.90. The lowest BCUT2D eigenvalue weighted by Crippen LogP contribution is -2.01. The van der Waals surface area contributed by atoms with Crippen molar-refractivity contribution in [2.75, 3.05) is 7.11 Å². The first-order chi connectivity index (χ1) is 11.6. The molecule has 1 N–H and O–H groups in total. The van der Waals surface area contributed by atoms with E-state index in [4.69, 9.17) is 5.11 Å². The van der Waals surface area contributed by atoms with Crippen LogP contribution in [-0.4, -0.2) is 29.1 Å². The Morgan fingerprint density at radius 3 is 2.71 bits per heavy atom. The average Bonchev–Trinajstić information content (AvgIpc) is 3.05. The van der Waals surface area contributed by atoms with Crippen LogP contribution in [-0.2, 0) is 4.74 Å². The van der Waals surface area contributed by atoms with Crippen molar-refractivity contribution in [1.29, 1.82) is 0 Å². The van der Waals surface area contributed by atoms with Crippen molar-refractivity contribution in [1.82, 2.24) is 4.98 Å². The average molecular weight is 339 g/mol. The number of aromatic nitrogens is 1. The number of ether oxygens (including phenoxy) is 1. The Kier molecular flexibility index (Phi) is 4.39. The van der Waals surface area contributed by atoms with Crippen molar-refractivity contribution in [3.8, 4) is 0 Å². The predicted octanol–water partition coefficient (Wildman–Crippen LogP) is 3.95. The summed E-state index contributed by atoms with van der Waals surface area (Å²) < 4.78 is 5.55. The van der Waals surface area contributed by atoms with Gasteiger partial charge in [0.25, 0.3) is 0 Å². The molecule has 0 amide bonds. The number of rotatable bonds is 4. The second-order valence-electron chi connectivity index (χ2n) is 4.97. The lowest BCUT2D eigenvalue weighted by Gasteiger charge is -1.99. The van der Waals surface area contributed by atoms with Crippen LogP contribution in [0.2, 0.25) is 0 Å². The summed E-state index contributed by atoms with van der Waals surface area (Å²) in [5.74, 6) is -1.35. The minimum absolute atomic E-state index is 0.311. The van der Waals surface area contributed by atoms with E-state index in [0.717, 1.165) is 15.6 Å². The molecule has 0 fully saturated rings. The van der Waals surface area contributed by atoms with Crippen LogP contribution in [0.25, 0.3) is 22.2 Å². The van der Waals surface area contributed by atoms with E-state index in [1.165, 1.54) is 24.6 Å². The van der Waals surface area contributed by atoms with Crippen LogP contribution in [0, 0.1) is 0 Å². The van der Waals surface area contributed by atoms with Crippen molar-refractivity contribution in [2.45, 2.75) is 0 Å². The van der Waals surface area contributed by atoms with E-state index < -0.39 is 11.9 Å². The van der Waals surface area contributed by atoms with Crippen LogP contribution in [0.1, 0.15) is 31.3 Å². The molecule has 6 heteroatoms. The molecular formula is C18H13NO4S. The summed E-state index contributed by atoms with van der Waals surface area (Å²) in [5.41, 5.74) is 1.99. The van der Waals surface area contributed by atoms with Gasteiger partial charge in [-0.05, 0) is 35.9 Å². The number of carbonyl (C=O) groups excluding carboxylic acids is 1. The summed E-state index contributed by atoms with van der Waals surface area (Å²) in [6, 6.07) is 10.7. The molecule has 0 saturated heterocycles. The Morgan fingerprint density at radius 1 is 1.21 bits per heavy atom. The van der Waals surface area contributed by atoms with E-state index in [-0.39, 0.29) is 0 Å². The van der Waals surface area contributed by atoms with Crippen molar-refractivity contribution < 1.29 is 19.4 Å². The molecule has 0 saturated carbocycles. The van der Waals surface area contributed by atoms with E-state index >= 15 is 0 Å². The van der Waals surface area contributed by atoms with Crippen molar-refractivity contribution in [3.63, 3.8) is 0 Å². The minimum atomic E-state index is -0.925. The van der Waals surface area contributed by atoms with E-state index in [1.807, 2.05) is 30.4 Å². The van der Waals surface area contributed by atoms with Gasteiger partial charge in [-0.15, -0.1) is 11.3 Å². The lowest BCUT2D eigenvalue weighted by atomic mass is 10.1. The smallest absolute Gasteiger partial charge is 0.345 e. The SMILES string of the molecule is COC(=O)c1ccc(/C=C/c2cccc3sc(C(=O)O)cc23)nc1. The number of pyridine rings is 1. The number of hydrogen-bond acceptors (Lipinski definition) is 5. The van der Waals surface area contributed by atoms with Crippen LogP contribution in [0.4, 0.5) is 0 Å².